The van der Waals surface area contributed by atoms with Gasteiger partial charge in [0.2, 0.25) is 0 Å². The number of carbonyl (C=O) groups is 1. The summed E-state index contributed by atoms with van der Waals surface area (Å²) in [6, 6.07) is 2.17. The van der Waals surface area contributed by atoms with Crippen LogP contribution in [0, 0.1) is 11.6 Å². The number of carbonyl (C=O) groups excluding carboxylic acids is 1. The van der Waals surface area contributed by atoms with E-state index in [0.29, 0.717) is 31.6 Å². The molecule has 7 nitrogen and oxygen atoms in total. The van der Waals surface area contributed by atoms with Crippen LogP contribution in [0.3, 0.4) is 0 Å². The van der Waals surface area contributed by atoms with Crippen molar-refractivity contribution in [2.45, 2.75) is 51.3 Å². The molecule has 0 radical (unpaired) electrons. The van der Waals surface area contributed by atoms with Gasteiger partial charge >= 0.3 is 13.0 Å². The van der Waals surface area contributed by atoms with Gasteiger partial charge in [0, 0.05) is 45.0 Å². The minimum absolute atomic E-state index is 0.00618. The Kier molecular flexibility index (Phi) is 7.22. The van der Waals surface area contributed by atoms with Crippen molar-refractivity contribution in [3.05, 3.63) is 41.2 Å². The van der Waals surface area contributed by atoms with Crippen LogP contribution in [0.2, 0.25) is 0 Å². The van der Waals surface area contributed by atoms with Crippen molar-refractivity contribution >= 4 is 17.5 Å². The Hall–Kier alpha value is -3.25. The van der Waals surface area contributed by atoms with Crippen molar-refractivity contribution in [3.63, 3.8) is 0 Å². The van der Waals surface area contributed by atoms with Gasteiger partial charge in [-0.05, 0) is 19.1 Å². The van der Waals surface area contributed by atoms with Crippen LogP contribution in [0.1, 0.15) is 37.2 Å². The number of nitrogens with one attached hydrogen (secondary N) is 1. The second-order valence-corrected chi connectivity index (χ2v) is 8.31. The molecule has 2 aliphatic rings. The van der Waals surface area contributed by atoms with Crippen LogP contribution in [0.25, 0.3) is 0 Å². The lowest BCUT2D eigenvalue weighted by Gasteiger charge is -2.37. The van der Waals surface area contributed by atoms with Gasteiger partial charge in [-0.15, -0.1) is 0 Å². The second-order valence-electron chi connectivity index (χ2n) is 8.31. The van der Waals surface area contributed by atoms with Crippen LogP contribution in [0.5, 0.6) is 5.75 Å². The molecule has 2 aromatic rings. The van der Waals surface area contributed by atoms with Crippen LogP contribution >= 0.6 is 0 Å². The molecule has 0 aliphatic carbocycles. The number of hydrogen-bond acceptors (Lipinski definition) is 6. The molecule has 3 heterocycles. The zero-order valence-electron chi connectivity index (χ0n) is 18.7. The van der Waals surface area contributed by atoms with Crippen molar-refractivity contribution in [2.24, 2.45) is 0 Å². The number of fused-ring (bicyclic) bond motifs is 1. The quantitative estimate of drug-likeness (QED) is 0.472. The molecule has 1 aromatic heterocycles. The summed E-state index contributed by atoms with van der Waals surface area (Å²) in [7, 11) is 0. The molecule has 1 unspecified atom stereocenters. The Morgan fingerprint density at radius 3 is 2.46 bits per heavy atom. The summed E-state index contributed by atoms with van der Waals surface area (Å²) < 4.78 is 85.0. The molecule has 1 aromatic carbocycles. The number of anilines is 2. The van der Waals surface area contributed by atoms with Crippen LogP contribution in [-0.4, -0.2) is 59.5 Å². The fraction of sp³-hybridized carbons (Fsp3) is 0.500. The maximum Gasteiger partial charge on any atom is 0.315 e. The molecule has 1 amide bonds. The summed E-state index contributed by atoms with van der Waals surface area (Å²) in [5, 5.41) is 1.96. The number of amides is 1. The van der Waals surface area contributed by atoms with Gasteiger partial charge in [0.25, 0.3) is 5.91 Å². The van der Waals surface area contributed by atoms with E-state index in [4.69, 9.17) is 4.74 Å². The number of piperidine rings is 1. The van der Waals surface area contributed by atoms with E-state index in [-0.39, 0.29) is 42.1 Å². The van der Waals surface area contributed by atoms with E-state index in [1.807, 2.05) is 5.32 Å². The highest BCUT2D eigenvalue weighted by Crippen LogP contribution is 2.34. The second kappa shape index (κ2) is 10.2. The molecule has 0 bridgehead atoms. The number of rotatable bonds is 6. The van der Waals surface area contributed by atoms with Crippen molar-refractivity contribution in [3.8, 4) is 5.75 Å². The first kappa shape index (κ1) is 24.9. The molecule has 1 atom stereocenters. The zero-order chi connectivity index (χ0) is 25.3. The molecular weight excluding hydrogens is 480 g/mol. The van der Waals surface area contributed by atoms with Crippen molar-refractivity contribution in [2.75, 3.05) is 29.9 Å². The summed E-state index contributed by atoms with van der Waals surface area (Å²) in [4.78, 5) is 23.3. The lowest BCUT2D eigenvalue weighted by atomic mass is 10.0. The topological polar surface area (TPSA) is 70.6 Å². The highest BCUT2D eigenvalue weighted by Gasteiger charge is 2.35. The van der Waals surface area contributed by atoms with Crippen molar-refractivity contribution in [1.29, 1.82) is 0 Å². The van der Waals surface area contributed by atoms with E-state index in [1.165, 1.54) is 13.0 Å². The van der Waals surface area contributed by atoms with E-state index >= 15 is 0 Å². The zero-order valence-corrected chi connectivity index (χ0v) is 18.7. The van der Waals surface area contributed by atoms with Gasteiger partial charge in [0.05, 0.1) is 17.4 Å². The van der Waals surface area contributed by atoms with Crippen LogP contribution in [-0.2, 0) is 11.2 Å². The molecular formula is C22H23F6N5O2. The van der Waals surface area contributed by atoms with E-state index < -0.39 is 36.6 Å². The first-order valence-corrected chi connectivity index (χ1v) is 11.0. The first-order chi connectivity index (χ1) is 16.6. The van der Waals surface area contributed by atoms with Crippen LogP contribution in [0.15, 0.2) is 18.2 Å². The lowest BCUT2D eigenvalue weighted by Crippen LogP contribution is -2.43. The average Bonchev–Trinajstić information content (AvgIpc) is 2.81. The minimum Gasteiger partial charge on any atom is -0.487 e. The Balaban J connectivity index is 1.52. The molecule has 1 saturated heterocycles. The molecule has 2 aliphatic heterocycles. The number of aromatic nitrogens is 2. The van der Waals surface area contributed by atoms with Gasteiger partial charge < -0.3 is 19.9 Å². The Morgan fingerprint density at radius 1 is 1.11 bits per heavy atom. The van der Waals surface area contributed by atoms with E-state index in [1.54, 1.807) is 4.90 Å². The number of benzene rings is 1. The van der Waals surface area contributed by atoms with Crippen LogP contribution < -0.4 is 15.0 Å². The monoisotopic (exact) mass is 503 g/mol. The molecule has 13 heteroatoms. The van der Waals surface area contributed by atoms with Crippen molar-refractivity contribution in [1.82, 2.24) is 14.9 Å². The maximum absolute atomic E-state index is 13.9. The van der Waals surface area contributed by atoms with Gasteiger partial charge in [0.1, 0.15) is 11.9 Å². The highest BCUT2D eigenvalue weighted by atomic mass is 19.3. The van der Waals surface area contributed by atoms with Gasteiger partial charge in [-0.1, -0.05) is 0 Å². The number of halogens is 6. The largest absolute Gasteiger partial charge is 0.487 e. The fourth-order valence-corrected chi connectivity index (χ4v) is 4.34. The Morgan fingerprint density at radius 2 is 1.83 bits per heavy atom. The third-order valence-corrected chi connectivity index (χ3v) is 6.08. The van der Waals surface area contributed by atoms with Gasteiger partial charge in [-0.25, -0.2) is 18.7 Å². The van der Waals surface area contributed by atoms with Gasteiger partial charge in [-0.2, -0.15) is 17.6 Å². The SMILES string of the molecule is CC1c2nc(NC(F)F)c(N3CCC(Oc4ccc(F)cc4F)CC3)nc2CCN1C(=O)C(F)F. The van der Waals surface area contributed by atoms with E-state index in [0.717, 1.165) is 17.0 Å². The molecule has 35 heavy (non-hydrogen) atoms. The predicted octanol–water partition coefficient (Wildman–Crippen LogP) is 4.15. The highest BCUT2D eigenvalue weighted by molar-refractivity contribution is 5.80. The number of nitrogens with zero attached hydrogens (tertiary/aromatic N) is 4. The third kappa shape index (κ3) is 5.38. The average molecular weight is 503 g/mol. The Bertz CT molecular complexity index is 1080. The molecule has 0 saturated carbocycles. The standard InChI is InChI=1S/C22H23F6N5O2/c1-11-17-15(6-9-33(11)21(34)18(25)26)29-20(19(30-17)31-22(27)28)32-7-4-13(5-8-32)35-16-3-2-12(23)10-14(16)24/h2-3,10-11,13,18,22H,4-9H2,1H3,(H,30,31). The predicted molar refractivity (Wildman–Crippen MR) is 114 cm³/mol. The lowest BCUT2D eigenvalue weighted by molar-refractivity contribution is -0.145. The molecule has 4 rings (SSSR count). The van der Waals surface area contributed by atoms with Crippen molar-refractivity contribution < 1.29 is 35.9 Å². The summed E-state index contributed by atoms with van der Waals surface area (Å²) in [5.74, 6) is -3.00. The summed E-state index contributed by atoms with van der Waals surface area (Å²) in [6.45, 7) is -0.779. The summed E-state index contributed by atoms with van der Waals surface area (Å²) >= 11 is 0. The fourth-order valence-electron chi connectivity index (χ4n) is 4.34. The minimum atomic E-state index is -3.18. The molecule has 0 spiro atoms. The summed E-state index contributed by atoms with van der Waals surface area (Å²) in [5.41, 5.74) is 0.625. The molecule has 1 fully saturated rings. The summed E-state index contributed by atoms with van der Waals surface area (Å²) in [6.07, 6.45) is -2.58. The molecule has 190 valence electrons. The third-order valence-electron chi connectivity index (χ3n) is 6.08. The van der Waals surface area contributed by atoms with Crippen LogP contribution in [0.4, 0.5) is 38.0 Å². The number of hydrogen-bond donors (Lipinski definition) is 1. The van der Waals surface area contributed by atoms with E-state index in [9.17, 15) is 31.1 Å². The van der Waals surface area contributed by atoms with Gasteiger partial charge in [-0.3, -0.25) is 4.79 Å². The molecule has 1 N–H and O–H groups in total. The Labute approximate surface area is 197 Å². The van der Waals surface area contributed by atoms with E-state index in [2.05, 4.69) is 9.97 Å². The number of alkyl halides is 4. The first-order valence-electron chi connectivity index (χ1n) is 11.0. The normalized spacial score (nSPS) is 18.7. The smallest absolute Gasteiger partial charge is 0.315 e. The number of ether oxygens (including phenoxy) is 1. The van der Waals surface area contributed by atoms with Gasteiger partial charge in [0.15, 0.2) is 23.2 Å². The maximum atomic E-state index is 13.9.